The van der Waals surface area contributed by atoms with Crippen molar-refractivity contribution in [3.05, 3.63) is 58.7 Å². The number of morpholine rings is 1. The molecule has 0 amide bonds. The van der Waals surface area contributed by atoms with Crippen LogP contribution in [0.3, 0.4) is 0 Å². The first-order valence-electron chi connectivity index (χ1n) is 8.75. The average Bonchev–Trinajstić information content (AvgIpc) is 2.68. The van der Waals surface area contributed by atoms with Crippen LogP contribution >= 0.6 is 0 Å². The molecule has 6 nitrogen and oxygen atoms in total. The van der Waals surface area contributed by atoms with E-state index in [4.69, 9.17) is 4.74 Å². The van der Waals surface area contributed by atoms with Gasteiger partial charge in [-0.15, -0.1) is 0 Å². The van der Waals surface area contributed by atoms with E-state index >= 15 is 0 Å². The zero-order chi connectivity index (χ0) is 18.1. The second-order valence-corrected chi connectivity index (χ2v) is 6.47. The van der Waals surface area contributed by atoms with Gasteiger partial charge >= 0.3 is 0 Å². The fraction of sp³-hybridized carbons (Fsp3) is 0.300. The standard InChI is InChI=1S/C20H20N2O4/c23-16-6-5-15(21-7-8-22-9-11-26-12-10-22)17-18(16)20(25)14-4-2-1-3-13(14)19(17)24/h1-6,21,23H,7-12H2. The van der Waals surface area contributed by atoms with Gasteiger partial charge in [0.2, 0.25) is 0 Å². The molecule has 134 valence electrons. The summed E-state index contributed by atoms with van der Waals surface area (Å²) in [7, 11) is 0. The molecule has 1 saturated heterocycles. The molecule has 0 bridgehead atoms. The monoisotopic (exact) mass is 352 g/mol. The highest BCUT2D eigenvalue weighted by molar-refractivity contribution is 6.31. The Kier molecular flexibility index (Phi) is 4.44. The van der Waals surface area contributed by atoms with Gasteiger partial charge in [-0.2, -0.15) is 0 Å². The number of ketones is 2. The highest BCUT2D eigenvalue weighted by Crippen LogP contribution is 2.36. The largest absolute Gasteiger partial charge is 0.507 e. The molecule has 0 unspecified atom stereocenters. The average molecular weight is 352 g/mol. The van der Waals surface area contributed by atoms with Crippen molar-refractivity contribution in [3.63, 3.8) is 0 Å². The molecule has 2 aromatic rings. The lowest BCUT2D eigenvalue weighted by molar-refractivity contribution is 0.0398. The summed E-state index contributed by atoms with van der Waals surface area (Å²) in [4.78, 5) is 28.0. The Balaban J connectivity index is 1.62. The van der Waals surface area contributed by atoms with Gasteiger partial charge in [0.15, 0.2) is 11.6 Å². The van der Waals surface area contributed by atoms with Gasteiger partial charge < -0.3 is 15.2 Å². The number of phenols is 1. The van der Waals surface area contributed by atoms with Crippen LogP contribution in [-0.4, -0.2) is 61.0 Å². The smallest absolute Gasteiger partial charge is 0.198 e. The van der Waals surface area contributed by atoms with Gasteiger partial charge in [0.25, 0.3) is 0 Å². The van der Waals surface area contributed by atoms with Crippen LogP contribution in [0.15, 0.2) is 36.4 Å². The Hall–Kier alpha value is -2.70. The highest BCUT2D eigenvalue weighted by atomic mass is 16.5. The van der Waals surface area contributed by atoms with Gasteiger partial charge in [0.1, 0.15) is 5.75 Å². The number of carbonyl (C=O) groups excluding carboxylic acids is 2. The number of fused-ring (bicyclic) bond motifs is 2. The van der Waals surface area contributed by atoms with Gasteiger partial charge in [0.05, 0.1) is 24.3 Å². The van der Waals surface area contributed by atoms with Crippen LogP contribution in [0.25, 0.3) is 0 Å². The molecule has 1 aliphatic heterocycles. The van der Waals surface area contributed by atoms with Crippen molar-refractivity contribution in [2.45, 2.75) is 0 Å². The molecule has 0 atom stereocenters. The lowest BCUT2D eigenvalue weighted by atomic mass is 9.82. The zero-order valence-electron chi connectivity index (χ0n) is 14.3. The molecule has 2 aromatic carbocycles. The van der Waals surface area contributed by atoms with E-state index in [1.54, 1.807) is 30.3 Å². The molecular formula is C20H20N2O4. The third-order valence-corrected chi connectivity index (χ3v) is 4.90. The number of phenolic OH excluding ortho intramolecular Hbond substituents is 1. The lowest BCUT2D eigenvalue weighted by Crippen LogP contribution is -2.39. The van der Waals surface area contributed by atoms with E-state index in [9.17, 15) is 14.7 Å². The molecule has 2 N–H and O–H groups in total. The third-order valence-electron chi connectivity index (χ3n) is 4.90. The van der Waals surface area contributed by atoms with Crippen molar-refractivity contribution in [1.82, 2.24) is 4.90 Å². The molecule has 4 rings (SSSR count). The molecule has 1 heterocycles. The Morgan fingerprint density at radius 3 is 2.31 bits per heavy atom. The van der Waals surface area contributed by atoms with Crippen LogP contribution in [0.1, 0.15) is 31.8 Å². The maximum Gasteiger partial charge on any atom is 0.198 e. The van der Waals surface area contributed by atoms with Crippen LogP contribution in [0.4, 0.5) is 5.69 Å². The van der Waals surface area contributed by atoms with Crippen molar-refractivity contribution in [1.29, 1.82) is 0 Å². The SMILES string of the molecule is O=C1c2ccccc2C(=O)c2c(NCCN3CCOCC3)ccc(O)c21. The number of carbonyl (C=O) groups is 2. The minimum Gasteiger partial charge on any atom is -0.507 e. The van der Waals surface area contributed by atoms with Crippen molar-refractivity contribution in [2.75, 3.05) is 44.7 Å². The number of rotatable bonds is 4. The molecular weight excluding hydrogens is 332 g/mol. The molecule has 2 aliphatic rings. The summed E-state index contributed by atoms with van der Waals surface area (Å²) in [6.07, 6.45) is 0. The molecule has 1 fully saturated rings. The first-order valence-corrected chi connectivity index (χ1v) is 8.75. The molecule has 0 radical (unpaired) electrons. The summed E-state index contributed by atoms with van der Waals surface area (Å²) >= 11 is 0. The molecule has 1 aliphatic carbocycles. The van der Waals surface area contributed by atoms with Crippen LogP contribution < -0.4 is 5.32 Å². The van der Waals surface area contributed by atoms with Crippen molar-refractivity contribution in [3.8, 4) is 5.75 Å². The van der Waals surface area contributed by atoms with E-state index in [1.165, 1.54) is 6.07 Å². The maximum absolute atomic E-state index is 13.0. The number of hydrogen-bond donors (Lipinski definition) is 2. The molecule has 0 saturated carbocycles. The van der Waals surface area contributed by atoms with E-state index in [0.29, 0.717) is 23.4 Å². The maximum atomic E-state index is 13.0. The molecule has 0 spiro atoms. The lowest BCUT2D eigenvalue weighted by Gasteiger charge is -2.27. The number of aromatic hydroxyl groups is 1. The van der Waals surface area contributed by atoms with Crippen LogP contribution in [0.2, 0.25) is 0 Å². The van der Waals surface area contributed by atoms with Gasteiger partial charge in [0, 0.05) is 43.0 Å². The fourth-order valence-corrected chi connectivity index (χ4v) is 3.53. The number of anilines is 1. The fourth-order valence-electron chi connectivity index (χ4n) is 3.53. The first-order chi connectivity index (χ1) is 12.7. The normalized spacial score (nSPS) is 16.9. The zero-order valence-corrected chi connectivity index (χ0v) is 14.3. The minimum absolute atomic E-state index is 0.0880. The first kappa shape index (κ1) is 16.8. The number of ether oxygens (including phenoxy) is 1. The Morgan fingerprint density at radius 2 is 1.62 bits per heavy atom. The Morgan fingerprint density at radius 1 is 0.962 bits per heavy atom. The number of benzene rings is 2. The van der Waals surface area contributed by atoms with Gasteiger partial charge in [-0.1, -0.05) is 24.3 Å². The summed E-state index contributed by atoms with van der Waals surface area (Å²) in [6, 6.07) is 9.86. The minimum atomic E-state index is -0.315. The quantitative estimate of drug-likeness (QED) is 0.699. The Labute approximate surface area is 151 Å². The van der Waals surface area contributed by atoms with Crippen LogP contribution in [0, 0.1) is 0 Å². The third kappa shape index (κ3) is 2.87. The van der Waals surface area contributed by atoms with Crippen molar-refractivity contribution in [2.24, 2.45) is 0 Å². The van der Waals surface area contributed by atoms with E-state index in [-0.39, 0.29) is 28.4 Å². The van der Waals surface area contributed by atoms with Gasteiger partial charge in [-0.3, -0.25) is 14.5 Å². The van der Waals surface area contributed by atoms with Crippen molar-refractivity contribution >= 4 is 17.3 Å². The Bertz CT molecular complexity index is 872. The summed E-state index contributed by atoms with van der Waals surface area (Å²) in [5.74, 6) is -0.712. The summed E-state index contributed by atoms with van der Waals surface area (Å²) in [5.41, 5.74) is 1.65. The van der Waals surface area contributed by atoms with Crippen LogP contribution in [-0.2, 0) is 4.74 Å². The molecule has 0 aromatic heterocycles. The molecule has 26 heavy (non-hydrogen) atoms. The van der Waals surface area contributed by atoms with Gasteiger partial charge in [-0.05, 0) is 12.1 Å². The van der Waals surface area contributed by atoms with E-state index < -0.39 is 0 Å². The predicted octanol–water partition coefficient (Wildman–Crippen LogP) is 1.91. The summed E-state index contributed by atoms with van der Waals surface area (Å²) < 4.78 is 5.34. The summed E-state index contributed by atoms with van der Waals surface area (Å²) in [5, 5.41) is 13.5. The second kappa shape index (κ2) is 6.90. The number of nitrogens with zero attached hydrogens (tertiary/aromatic N) is 1. The topological polar surface area (TPSA) is 78.9 Å². The van der Waals surface area contributed by atoms with E-state index in [2.05, 4.69) is 10.2 Å². The van der Waals surface area contributed by atoms with E-state index in [1.807, 2.05) is 0 Å². The highest BCUT2D eigenvalue weighted by Gasteiger charge is 2.33. The predicted molar refractivity (Wildman–Crippen MR) is 97.2 cm³/mol. The molecule has 6 heteroatoms. The van der Waals surface area contributed by atoms with Crippen molar-refractivity contribution < 1.29 is 19.4 Å². The number of hydrogen-bond acceptors (Lipinski definition) is 6. The number of nitrogens with one attached hydrogen (secondary N) is 1. The second-order valence-electron chi connectivity index (χ2n) is 6.47. The summed E-state index contributed by atoms with van der Waals surface area (Å²) in [6.45, 7) is 4.70. The van der Waals surface area contributed by atoms with E-state index in [0.717, 1.165) is 32.8 Å². The van der Waals surface area contributed by atoms with Gasteiger partial charge in [-0.25, -0.2) is 0 Å². The van der Waals surface area contributed by atoms with Crippen LogP contribution in [0.5, 0.6) is 5.75 Å².